The number of nitrogens with two attached hydrogens (primary N) is 1. The third kappa shape index (κ3) is 3.73. The number of benzene rings is 1. The summed E-state index contributed by atoms with van der Waals surface area (Å²) in [5, 5.41) is 0. The van der Waals surface area contributed by atoms with Gasteiger partial charge in [-0.15, -0.1) is 11.8 Å². The van der Waals surface area contributed by atoms with Crippen LogP contribution in [0.5, 0.6) is 11.5 Å². The van der Waals surface area contributed by atoms with Gasteiger partial charge in [0.05, 0.1) is 27.8 Å². The number of rotatable bonds is 6. The Labute approximate surface area is 111 Å². The Kier molecular flexibility index (Phi) is 5.64. The summed E-state index contributed by atoms with van der Waals surface area (Å²) in [6.45, 7) is 0. The molecule has 0 aliphatic heterocycles. The number of carbonyl (C=O) groups is 1. The lowest BCUT2D eigenvalue weighted by Gasteiger charge is -2.11. The lowest BCUT2D eigenvalue weighted by Crippen LogP contribution is -2.01. The van der Waals surface area contributed by atoms with E-state index in [-0.39, 0.29) is 5.97 Å². The van der Waals surface area contributed by atoms with Crippen LogP contribution in [0.1, 0.15) is 6.42 Å². The van der Waals surface area contributed by atoms with Gasteiger partial charge in [0.15, 0.2) is 11.5 Å². The molecule has 0 bridgehead atoms. The molecule has 5 nitrogen and oxygen atoms in total. The van der Waals surface area contributed by atoms with Crippen molar-refractivity contribution >= 4 is 23.4 Å². The molecule has 0 amide bonds. The second kappa shape index (κ2) is 7.00. The van der Waals surface area contributed by atoms with Gasteiger partial charge < -0.3 is 19.9 Å². The van der Waals surface area contributed by atoms with Gasteiger partial charge in [-0.3, -0.25) is 4.79 Å². The molecule has 0 saturated carbocycles. The quantitative estimate of drug-likeness (QED) is 0.484. The summed E-state index contributed by atoms with van der Waals surface area (Å²) in [6, 6.07) is 3.51. The van der Waals surface area contributed by atoms with E-state index in [1.54, 1.807) is 26.4 Å². The molecule has 1 aromatic carbocycles. The summed E-state index contributed by atoms with van der Waals surface area (Å²) in [5.74, 6) is 1.58. The number of esters is 1. The van der Waals surface area contributed by atoms with Crippen LogP contribution in [0.4, 0.5) is 5.69 Å². The van der Waals surface area contributed by atoms with Crippen molar-refractivity contribution in [1.29, 1.82) is 0 Å². The molecule has 0 aromatic heterocycles. The van der Waals surface area contributed by atoms with Crippen molar-refractivity contribution in [3.8, 4) is 11.5 Å². The number of anilines is 1. The van der Waals surface area contributed by atoms with E-state index >= 15 is 0 Å². The first-order chi connectivity index (χ1) is 8.62. The molecule has 18 heavy (non-hydrogen) atoms. The minimum Gasteiger partial charge on any atom is -0.493 e. The molecule has 0 unspecified atom stereocenters. The predicted octanol–water partition coefficient (Wildman–Crippen LogP) is 1.94. The van der Waals surface area contributed by atoms with Gasteiger partial charge in [-0.25, -0.2) is 0 Å². The van der Waals surface area contributed by atoms with Crippen molar-refractivity contribution in [2.24, 2.45) is 0 Å². The standard InChI is InChI=1S/C12H17NO4S/c1-15-9-6-8(13)11(7-10(9)16-2)18-5-4-12(14)17-3/h6-7H,4-5,13H2,1-3H3. The zero-order valence-electron chi connectivity index (χ0n) is 10.7. The van der Waals surface area contributed by atoms with E-state index < -0.39 is 0 Å². The maximum atomic E-state index is 11.0. The first-order valence-corrected chi connectivity index (χ1v) is 6.32. The van der Waals surface area contributed by atoms with E-state index in [9.17, 15) is 4.79 Å². The number of hydrogen-bond acceptors (Lipinski definition) is 6. The second-order valence-electron chi connectivity index (χ2n) is 3.42. The van der Waals surface area contributed by atoms with E-state index in [1.165, 1.54) is 18.9 Å². The van der Waals surface area contributed by atoms with Gasteiger partial charge in [-0.1, -0.05) is 0 Å². The molecule has 2 N–H and O–H groups in total. The fraction of sp³-hybridized carbons (Fsp3) is 0.417. The van der Waals surface area contributed by atoms with E-state index in [2.05, 4.69) is 4.74 Å². The molecule has 0 heterocycles. The van der Waals surface area contributed by atoms with E-state index in [0.29, 0.717) is 29.4 Å². The van der Waals surface area contributed by atoms with Crippen LogP contribution in [-0.4, -0.2) is 33.1 Å². The predicted molar refractivity (Wildman–Crippen MR) is 71.3 cm³/mol. The lowest BCUT2D eigenvalue weighted by molar-refractivity contribution is -0.140. The van der Waals surface area contributed by atoms with Crippen molar-refractivity contribution < 1.29 is 19.0 Å². The van der Waals surface area contributed by atoms with Crippen molar-refractivity contribution in [3.63, 3.8) is 0 Å². The molecular formula is C12H17NO4S. The minimum atomic E-state index is -0.235. The molecule has 1 aromatic rings. The summed E-state index contributed by atoms with van der Waals surface area (Å²) in [6.07, 6.45) is 0.342. The molecule has 1 rings (SSSR count). The van der Waals surface area contributed by atoms with Crippen molar-refractivity contribution in [2.75, 3.05) is 32.8 Å². The Morgan fingerprint density at radius 1 is 1.22 bits per heavy atom. The lowest BCUT2D eigenvalue weighted by atomic mass is 10.3. The maximum absolute atomic E-state index is 11.0. The summed E-state index contributed by atoms with van der Waals surface area (Å²) in [4.78, 5) is 11.9. The van der Waals surface area contributed by atoms with Gasteiger partial charge in [-0.05, 0) is 6.07 Å². The van der Waals surface area contributed by atoms with Crippen LogP contribution >= 0.6 is 11.8 Å². The number of hydrogen-bond donors (Lipinski definition) is 1. The number of nitrogen functional groups attached to an aromatic ring is 1. The Bertz CT molecular complexity index is 423. The molecule has 0 spiro atoms. The smallest absolute Gasteiger partial charge is 0.306 e. The SMILES string of the molecule is COC(=O)CCSc1cc(OC)c(OC)cc1N. The number of carbonyl (C=O) groups excluding carboxylic acids is 1. The normalized spacial score (nSPS) is 9.94. The van der Waals surface area contributed by atoms with Crippen molar-refractivity contribution in [2.45, 2.75) is 11.3 Å². The molecule has 0 aliphatic carbocycles. The van der Waals surface area contributed by atoms with Crippen LogP contribution in [0, 0.1) is 0 Å². The molecule has 100 valence electrons. The Hall–Kier alpha value is -1.56. The largest absolute Gasteiger partial charge is 0.493 e. The Morgan fingerprint density at radius 3 is 2.39 bits per heavy atom. The molecule has 0 atom stereocenters. The van der Waals surface area contributed by atoms with Crippen LogP contribution in [0.3, 0.4) is 0 Å². The molecule has 0 aliphatic rings. The highest BCUT2D eigenvalue weighted by Crippen LogP contribution is 2.36. The number of thioether (sulfide) groups is 1. The zero-order valence-corrected chi connectivity index (χ0v) is 11.5. The molecule has 0 radical (unpaired) electrons. The number of ether oxygens (including phenoxy) is 3. The fourth-order valence-electron chi connectivity index (χ4n) is 1.35. The summed E-state index contributed by atoms with van der Waals surface area (Å²) in [7, 11) is 4.50. The third-order valence-electron chi connectivity index (χ3n) is 2.31. The van der Waals surface area contributed by atoms with Crippen LogP contribution in [0.15, 0.2) is 17.0 Å². The number of methoxy groups -OCH3 is 3. The van der Waals surface area contributed by atoms with Crippen LogP contribution in [0.2, 0.25) is 0 Å². The first-order valence-electron chi connectivity index (χ1n) is 5.33. The Morgan fingerprint density at radius 2 is 1.83 bits per heavy atom. The second-order valence-corrected chi connectivity index (χ2v) is 4.56. The van der Waals surface area contributed by atoms with E-state index in [4.69, 9.17) is 15.2 Å². The van der Waals surface area contributed by atoms with Crippen molar-refractivity contribution in [1.82, 2.24) is 0 Å². The van der Waals surface area contributed by atoms with E-state index in [1.807, 2.05) is 0 Å². The Balaban J connectivity index is 2.73. The van der Waals surface area contributed by atoms with Gasteiger partial charge in [-0.2, -0.15) is 0 Å². The van der Waals surface area contributed by atoms with Crippen LogP contribution < -0.4 is 15.2 Å². The molecule has 0 saturated heterocycles. The van der Waals surface area contributed by atoms with Gasteiger partial charge in [0, 0.05) is 22.4 Å². The van der Waals surface area contributed by atoms with Crippen LogP contribution in [-0.2, 0) is 9.53 Å². The van der Waals surface area contributed by atoms with Crippen molar-refractivity contribution in [3.05, 3.63) is 12.1 Å². The first kappa shape index (κ1) is 14.5. The fourth-order valence-corrected chi connectivity index (χ4v) is 2.25. The monoisotopic (exact) mass is 271 g/mol. The van der Waals surface area contributed by atoms with E-state index in [0.717, 1.165) is 4.90 Å². The molecule has 6 heteroatoms. The maximum Gasteiger partial charge on any atom is 0.306 e. The van der Waals surface area contributed by atoms with Gasteiger partial charge >= 0.3 is 5.97 Å². The van der Waals surface area contributed by atoms with Crippen LogP contribution in [0.25, 0.3) is 0 Å². The van der Waals surface area contributed by atoms with Gasteiger partial charge in [0.1, 0.15) is 0 Å². The minimum absolute atomic E-state index is 0.235. The highest BCUT2D eigenvalue weighted by Gasteiger charge is 2.10. The zero-order chi connectivity index (χ0) is 13.5. The summed E-state index contributed by atoms with van der Waals surface area (Å²) in [5.41, 5.74) is 6.50. The van der Waals surface area contributed by atoms with Gasteiger partial charge in [0.25, 0.3) is 0 Å². The highest BCUT2D eigenvalue weighted by atomic mass is 32.2. The third-order valence-corrected chi connectivity index (χ3v) is 3.38. The average Bonchev–Trinajstić information content (AvgIpc) is 2.39. The topological polar surface area (TPSA) is 70.8 Å². The van der Waals surface area contributed by atoms with Gasteiger partial charge in [0.2, 0.25) is 0 Å². The molecular weight excluding hydrogens is 254 g/mol. The summed E-state index contributed by atoms with van der Waals surface area (Å²) >= 11 is 1.48. The highest BCUT2D eigenvalue weighted by molar-refractivity contribution is 7.99. The average molecular weight is 271 g/mol. The summed E-state index contributed by atoms with van der Waals surface area (Å²) < 4.78 is 14.9. The molecule has 0 fully saturated rings.